The third kappa shape index (κ3) is 2.41. The minimum atomic E-state index is -1.15. The van der Waals surface area contributed by atoms with Gasteiger partial charge in [0.2, 0.25) is 17.7 Å². The number of anilines is 1. The molecular weight excluding hydrogens is 362 g/mol. The van der Waals surface area contributed by atoms with Crippen LogP contribution in [-0.2, 0) is 19.9 Å². The van der Waals surface area contributed by atoms with Crippen LogP contribution in [0.3, 0.4) is 0 Å². The van der Waals surface area contributed by atoms with Crippen molar-refractivity contribution < 1.29 is 14.4 Å². The molecule has 3 unspecified atom stereocenters. The van der Waals surface area contributed by atoms with Gasteiger partial charge in [0.25, 0.3) is 0 Å². The van der Waals surface area contributed by atoms with Crippen LogP contribution >= 0.6 is 11.8 Å². The maximum absolute atomic E-state index is 13.4. The Morgan fingerprint density at radius 3 is 2.67 bits per heavy atom. The first-order valence-electron chi connectivity index (χ1n) is 9.51. The number of para-hydroxylation sites is 1. The van der Waals surface area contributed by atoms with E-state index < -0.39 is 17.4 Å². The van der Waals surface area contributed by atoms with Crippen LogP contribution in [0, 0.1) is 11.8 Å². The predicted octanol–water partition coefficient (Wildman–Crippen LogP) is 1.96. The number of amides is 3. The van der Waals surface area contributed by atoms with Crippen molar-refractivity contribution >= 4 is 35.2 Å². The van der Waals surface area contributed by atoms with Gasteiger partial charge < -0.3 is 5.32 Å². The highest BCUT2D eigenvalue weighted by Crippen LogP contribution is 2.53. The summed E-state index contributed by atoms with van der Waals surface area (Å²) >= 11 is 1.70. The summed E-state index contributed by atoms with van der Waals surface area (Å²) in [7, 11) is 0. The van der Waals surface area contributed by atoms with Crippen LogP contribution in [0.4, 0.5) is 5.69 Å². The summed E-state index contributed by atoms with van der Waals surface area (Å²) in [6.07, 6.45) is 3.47. The number of nitrogens with zero attached hydrogens (tertiary/aromatic N) is 1. The largest absolute Gasteiger partial charge is 0.324 e. The first-order chi connectivity index (χ1) is 13.0. The van der Waals surface area contributed by atoms with Gasteiger partial charge in [-0.1, -0.05) is 25.1 Å². The number of hydrogen-bond donors (Lipinski definition) is 2. The van der Waals surface area contributed by atoms with E-state index in [0.29, 0.717) is 6.42 Å². The van der Waals surface area contributed by atoms with Crippen molar-refractivity contribution in [3.05, 3.63) is 29.8 Å². The first kappa shape index (κ1) is 18.5. The van der Waals surface area contributed by atoms with Crippen LogP contribution in [0.5, 0.6) is 0 Å². The van der Waals surface area contributed by atoms with Crippen LogP contribution in [-0.4, -0.2) is 46.7 Å². The molecule has 0 aromatic heterocycles. The quantitative estimate of drug-likeness (QED) is 0.755. The van der Waals surface area contributed by atoms with Gasteiger partial charge in [-0.05, 0) is 37.8 Å². The van der Waals surface area contributed by atoms with E-state index >= 15 is 0 Å². The smallest absolute Gasteiger partial charge is 0.250 e. The Kier molecular flexibility index (Phi) is 4.55. The minimum absolute atomic E-state index is 0.132. The fraction of sp³-hybridized carbons (Fsp3) is 0.550. The highest BCUT2D eigenvalue weighted by atomic mass is 32.2. The van der Waals surface area contributed by atoms with Crippen LogP contribution in [0.15, 0.2) is 24.3 Å². The molecule has 0 aliphatic carbocycles. The van der Waals surface area contributed by atoms with Crippen LogP contribution in [0.1, 0.15) is 32.3 Å². The molecule has 1 aromatic rings. The maximum Gasteiger partial charge on any atom is 0.250 e. The summed E-state index contributed by atoms with van der Waals surface area (Å²) in [5, 5.41) is 6.38. The molecule has 0 saturated carbocycles. The topological polar surface area (TPSA) is 78.5 Å². The molecule has 1 spiro atoms. The lowest BCUT2D eigenvalue weighted by Crippen LogP contribution is -2.54. The van der Waals surface area contributed by atoms with E-state index in [4.69, 9.17) is 0 Å². The van der Waals surface area contributed by atoms with Crippen molar-refractivity contribution in [3.8, 4) is 0 Å². The second-order valence-corrected chi connectivity index (χ2v) is 8.63. The van der Waals surface area contributed by atoms with Crippen LogP contribution in [0.2, 0.25) is 0 Å². The molecule has 2 saturated heterocycles. The van der Waals surface area contributed by atoms with Gasteiger partial charge in [0.15, 0.2) is 0 Å². The van der Waals surface area contributed by atoms with Gasteiger partial charge in [-0.15, -0.1) is 0 Å². The molecule has 144 valence electrons. The second-order valence-electron chi connectivity index (χ2n) is 7.65. The molecule has 27 heavy (non-hydrogen) atoms. The Morgan fingerprint density at radius 2 is 1.96 bits per heavy atom. The molecule has 3 amide bonds. The number of benzene rings is 1. The van der Waals surface area contributed by atoms with Gasteiger partial charge in [-0.2, -0.15) is 11.8 Å². The maximum atomic E-state index is 13.4. The van der Waals surface area contributed by atoms with Gasteiger partial charge >= 0.3 is 0 Å². The molecule has 7 heteroatoms. The average molecular weight is 388 g/mol. The molecule has 5 atom stereocenters. The van der Waals surface area contributed by atoms with E-state index in [-0.39, 0.29) is 29.8 Å². The lowest BCUT2D eigenvalue weighted by atomic mass is 9.76. The van der Waals surface area contributed by atoms with Crippen molar-refractivity contribution in [2.75, 3.05) is 17.3 Å². The average Bonchev–Trinajstić information content (AvgIpc) is 3.24. The summed E-state index contributed by atoms with van der Waals surface area (Å²) < 4.78 is 0. The summed E-state index contributed by atoms with van der Waals surface area (Å²) in [6.45, 7) is 3.87. The summed E-state index contributed by atoms with van der Waals surface area (Å²) in [6, 6.07) is 7.13. The highest BCUT2D eigenvalue weighted by molar-refractivity contribution is 7.98. The van der Waals surface area contributed by atoms with Crippen molar-refractivity contribution in [3.63, 3.8) is 0 Å². The SMILES string of the molecule is CCC(C)N1C(=O)[C@@H]2C(CCSC)NC3(C(=O)Nc4ccccc43)[C@@H]2C1=O. The van der Waals surface area contributed by atoms with Crippen LogP contribution in [0.25, 0.3) is 0 Å². The number of likely N-dealkylation sites (tertiary alicyclic amines) is 1. The van der Waals surface area contributed by atoms with Crippen molar-refractivity contribution in [1.29, 1.82) is 0 Å². The number of carbonyl (C=O) groups is 3. The monoisotopic (exact) mass is 387 g/mol. The Labute approximate surface area is 163 Å². The van der Waals surface area contributed by atoms with E-state index in [9.17, 15) is 14.4 Å². The number of fused-ring (bicyclic) bond motifs is 4. The summed E-state index contributed by atoms with van der Waals surface area (Å²) in [5.74, 6) is -0.884. The third-order valence-corrected chi connectivity index (χ3v) is 6.97. The first-order valence-corrected chi connectivity index (χ1v) is 10.9. The number of carbonyl (C=O) groups excluding carboxylic acids is 3. The number of rotatable bonds is 5. The number of thioether (sulfide) groups is 1. The molecule has 2 N–H and O–H groups in total. The zero-order chi connectivity index (χ0) is 19.3. The molecule has 3 heterocycles. The molecule has 0 bridgehead atoms. The van der Waals surface area contributed by atoms with Gasteiger partial charge in [0.05, 0.1) is 11.8 Å². The van der Waals surface area contributed by atoms with Crippen molar-refractivity contribution in [2.24, 2.45) is 11.8 Å². The molecule has 3 aliphatic rings. The third-order valence-electron chi connectivity index (χ3n) is 6.32. The molecule has 1 aromatic carbocycles. The van der Waals surface area contributed by atoms with E-state index in [1.807, 2.05) is 44.4 Å². The van der Waals surface area contributed by atoms with E-state index in [1.165, 1.54) is 4.90 Å². The lowest BCUT2D eigenvalue weighted by molar-refractivity contribution is -0.145. The molecule has 0 radical (unpaired) electrons. The van der Waals surface area contributed by atoms with E-state index in [1.54, 1.807) is 11.8 Å². The van der Waals surface area contributed by atoms with Gasteiger partial charge in [-0.3, -0.25) is 24.6 Å². The Bertz CT molecular complexity index is 813. The zero-order valence-corrected chi connectivity index (χ0v) is 16.6. The fourth-order valence-corrected chi connectivity index (χ4v) is 5.38. The normalized spacial score (nSPS) is 32.8. The van der Waals surface area contributed by atoms with Crippen molar-refractivity contribution in [2.45, 2.75) is 44.3 Å². The number of hydrogen-bond acceptors (Lipinski definition) is 5. The van der Waals surface area contributed by atoms with Crippen molar-refractivity contribution in [1.82, 2.24) is 10.2 Å². The lowest BCUT2D eigenvalue weighted by Gasteiger charge is -2.31. The van der Waals surface area contributed by atoms with E-state index in [0.717, 1.165) is 23.4 Å². The van der Waals surface area contributed by atoms with Gasteiger partial charge in [0.1, 0.15) is 5.54 Å². The number of imide groups is 1. The Morgan fingerprint density at radius 1 is 1.22 bits per heavy atom. The summed E-state index contributed by atoms with van der Waals surface area (Å²) in [4.78, 5) is 41.2. The minimum Gasteiger partial charge on any atom is -0.324 e. The second kappa shape index (κ2) is 6.63. The molecule has 2 fully saturated rings. The predicted molar refractivity (Wildman–Crippen MR) is 105 cm³/mol. The highest BCUT2D eigenvalue weighted by Gasteiger charge is 2.70. The Hall–Kier alpha value is -1.86. The van der Waals surface area contributed by atoms with Crippen LogP contribution < -0.4 is 10.6 Å². The van der Waals surface area contributed by atoms with Gasteiger partial charge in [-0.25, -0.2) is 0 Å². The number of nitrogens with one attached hydrogen (secondary N) is 2. The summed E-state index contributed by atoms with van der Waals surface area (Å²) in [5.41, 5.74) is 0.351. The Balaban J connectivity index is 1.84. The molecule has 6 nitrogen and oxygen atoms in total. The molecule has 4 rings (SSSR count). The van der Waals surface area contributed by atoms with E-state index in [2.05, 4.69) is 10.6 Å². The van der Waals surface area contributed by atoms with Gasteiger partial charge in [0, 0.05) is 23.3 Å². The fourth-order valence-electron chi connectivity index (χ4n) is 4.89. The standard InChI is InChI=1S/C20H25N3O3S/c1-4-11(2)23-17(24)15-14(9-10-27-3)22-20(16(15)18(23)25)12-7-5-6-8-13(12)21-19(20)26/h5-8,11,14-16,22H,4,9-10H2,1-3H3,(H,21,26)/t11?,14?,15-,16+,20?/m1/s1. The molecule has 3 aliphatic heterocycles. The molecular formula is C20H25N3O3S. The zero-order valence-electron chi connectivity index (χ0n) is 15.8.